The van der Waals surface area contributed by atoms with Crippen LogP contribution in [0.4, 0.5) is 4.79 Å². The third-order valence-electron chi connectivity index (χ3n) is 5.19. The molecule has 2 aliphatic rings. The van der Waals surface area contributed by atoms with E-state index in [9.17, 15) is 9.59 Å². The zero-order valence-corrected chi connectivity index (χ0v) is 13.9. The first-order valence-electron chi connectivity index (χ1n) is 8.44. The molecule has 5 nitrogen and oxygen atoms in total. The van der Waals surface area contributed by atoms with Crippen molar-refractivity contribution in [3.63, 3.8) is 0 Å². The highest BCUT2D eigenvalue weighted by molar-refractivity contribution is 5.77. The van der Waals surface area contributed by atoms with Crippen molar-refractivity contribution in [2.75, 3.05) is 26.2 Å². The van der Waals surface area contributed by atoms with Crippen LogP contribution in [0.25, 0.3) is 0 Å². The molecule has 0 radical (unpaired) electrons. The summed E-state index contributed by atoms with van der Waals surface area (Å²) in [7, 11) is 0. The molecule has 2 saturated heterocycles. The third kappa shape index (κ3) is 3.81. The Kier molecular flexibility index (Phi) is 5.48. The number of amides is 3. The van der Waals surface area contributed by atoms with Gasteiger partial charge in [-0.05, 0) is 38.0 Å². The van der Waals surface area contributed by atoms with E-state index in [1.165, 1.54) is 0 Å². The average molecular weight is 307 g/mol. The summed E-state index contributed by atoms with van der Waals surface area (Å²) < 4.78 is 0. The summed E-state index contributed by atoms with van der Waals surface area (Å²) in [5, 5.41) is 3.04. The highest BCUT2D eigenvalue weighted by Crippen LogP contribution is 2.40. The van der Waals surface area contributed by atoms with Crippen molar-refractivity contribution in [2.24, 2.45) is 5.41 Å². The molecule has 0 bridgehead atoms. The van der Waals surface area contributed by atoms with Crippen LogP contribution in [0.3, 0.4) is 0 Å². The molecule has 2 heterocycles. The highest BCUT2D eigenvalue weighted by Gasteiger charge is 2.41. The van der Waals surface area contributed by atoms with Crippen LogP contribution in [-0.4, -0.2) is 54.0 Å². The number of carbonyl (C=O) groups is 2. The summed E-state index contributed by atoms with van der Waals surface area (Å²) in [5.74, 6) is 0.238. The highest BCUT2D eigenvalue weighted by atomic mass is 16.2. The van der Waals surface area contributed by atoms with Gasteiger partial charge in [-0.1, -0.05) is 13.0 Å². The lowest BCUT2D eigenvalue weighted by Gasteiger charge is -2.47. The van der Waals surface area contributed by atoms with Crippen LogP contribution in [0.5, 0.6) is 0 Å². The van der Waals surface area contributed by atoms with Crippen molar-refractivity contribution in [1.82, 2.24) is 15.1 Å². The molecule has 0 aromatic carbocycles. The fraction of sp³-hybridized carbons (Fsp3) is 0.765. The molecule has 1 unspecified atom stereocenters. The van der Waals surface area contributed by atoms with Gasteiger partial charge < -0.3 is 15.1 Å². The van der Waals surface area contributed by atoms with E-state index in [-0.39, 0.29) is 23.4 Å². The van der Waals surface area contributed by atoms with Crippen LogP contribution < -0.4 is 5.32 Å². The van der Waals surface area contributed by atoms with Gasteiger partial charge in [-0.25, -0.2) is 4.79 Å². The first-order valence-corrected chi connectivity index (χ1v) is 8.44. The molecule has 2 aliphatic heterocycles. The number of hydrogen-bond acceptors (Lipinski definition) is 2. The maximum Gasteiger partial charge on any atom is 0.317 e. The lowest BCUT2D eigenvalue weighted by molar-refractivity contribution is -0.138. The lowest BCUT2D eigenvalue weighted by Crippen LogP contribution is -2.54. The van der Waals surface area contributed by atoms with Crippen molar-refractivity contribution >= 4 is 11.9 Å². The molecule has 1 N–H and O–H groups in total. The van der Waals surface area contributed by atoms with E-state index in [1.807, 2.05) is 16.7 Å². The van der Waals surface area contributed by atoms with E-state index in [2.05, 4.69) is 18.8 Å². The van der Waals surface area contributed by atoms with Crippen molar-refractivity contribution in [3.8, 4) is 0 Å². The van der Waals surface area contributed by atoms with Crippen molar-refractivity contribution < 1.29 is 9.59 Å². The molecular formula is C17H29N3O2. The standard InChI is InChI=1S/C17H29N3O2/c1-4-10-20-13-17(7-6-15(20)21)8-11-19(12-9-17)16(22)18-14(3)5-2/h4,14H,1,5-13H2,2-3H3,(H,18,22). The number of hydrogen-bond donors (Lipinski definition) is 1. The van der Waals surface area contributed by atoms with Crippen LogP contribution in [0, 0.1) is 5.41 Å². The summed E-state index contributed by atoms with van der Waals surface area (Å²) in [6, 6.07) is 0.276. The Morgan fingerprint density at radius 3 is 2.68 bits per heavy atom. The number of urea groups is 1. The topological polar surface area (TPSA) is 52.7 Å². The number of rotatable bonds is 4. The Balaban J connectivity index is 1.89. The van der Waals surface area contributed by atoms with Crippen molar-refractivity contribution in [2.45, 2.75) is 52.0 Å². The number of likely N-dealkylation sites (tertiary alicyclic amines) is 2. The van der Waals surface area contributed by atoms with E-state index >= 15 is 0 Å². The predicted molar refractivity (Wildman–Crippen MR) is 87.5 cm³/mol. The van der Waals surface area contributed by atoms with Gasteiger partial charge in [0.2, 0.25) is 5.91 Å². The second kappa shape index (κ2) is 7.16. The molecule has 0 aromatic heterocycles. The molecule has 1 spiro atoms. The van der Waals surface area contributed by atoms with Gasteiger partial charge in [0, 0.05) is 38.6 Å². The number of piperidine rings is 2. The van der Waals surface area contributed by atoms with E-state index in [1.54, 1.807) is 6.08 Å². The Morgan fingerprint density at radius 2 is 2.09 bits per heavy atom. The predicted octanol–water partition coefficient (Wildman–Crippen LogP) is 2.39. The molecule has 0 aromatic rings. The Hall–Kier alpha value is -1.52. The van der Waals surface area contributed by atoms with Gasteiger partial charge in [0.15, 0.2) is 0 Å². The maximum atomic E-state index is 12.2. The first kappa shape index (κ1) is 16.8. The molecule has 22 heavy (non-hydrogen) atoms. The monoisotopic (exact) mass is 307 g/mol. The normalized spacial score (nSPS) is 22.5. The van der Waals surface area contributed by atoms with E-state index in [0.29, 0.717) is 13.0 Å². The Bertz CT molecular complexity index is 428. The Morgan fingerprint density at radius 1 is 1.41 bits per heavy atom. The second-order valence-electron chi connectivity index (χ2n) is 6.81. The average Bonchev–Trinajstić information content (AvgIpc) is 2.52. The van der Waals surface area contributed by atoms with Crippen LogP contribution in [0.15, 0.2) is 12.7 Å². The molecule has 2 rings (SSSR count). The van der Waals surface area contributed by atoms with Gasteiger partial charge in [0.05, 0.1) is 0 Å². The summed E-state index contributed by atoms with van der Waals surface area (Å²) in [6.45, 7) is 10.9. The van der Waals surface area contributed by atoms with Gasteiger partial charge >= 0.3 is 6.03 Å². The van der Waals surface area contributed by atoms with Gasteiger partial charge in [-0.2, -0.15) is 0 Å². The molecular weight excluding hydrogens is 278 g/mol. The maximum absolute atomic E-state index is 12.2. The van der Waals surface area contributed by atoms with E-state index in [0.717, 1.165) is 45.3 Å². The zero-order valence-electron chi connectivity index (χ0n) is 13.9. The molecule has 0 aliphatic carbocycles. The second-order valence-corrected chi connectivity index (χ2v) is 6.81. The van der Waals surface area contributed by atoms with Crippen LogP contribution in [0.2, 0.25) is 0 Å². The quantitative estimate of drug-likeness (QED) is 0.811. The minimum absolute atomic E-state index is 0.0547. The van der Waals surface area contributed by atoms with Crippen LogP contribution in [0.1, 0.15) is 46.0 Å². The van der Waals surface area contributed by atoms with Gasteiger partial charge in [-0.15, -0.1) is 6.58 Å². The fourth-order valence-corrected chi connectivity index (χ4v) is 3.42. The largest absolute Gasteiger partial charge is 0.338 e. The smallest absolute Gasteiger partial charge is 0.317 e. The van der Waals surface area contributed by atoms with E-state index in [4.69, 9.17) is 0 Å². The van der Waals surface area contributed by atoms with Crippen LogP contribution in [-0.2, 0) is 4.79 Å². The molecule has 124 valence electrons. The fourth-order valence-electron chi connectivity index (χ4n) is 3.42. The third-order valence-corrected chi connectivity index (χ3v) is 5.19. The SMILES string of the molecule is C=CCN1CC2(CCC1=O)CCN(C(=O)NC(C)CC)CC2. The first-order chi connectivity index (χ1) is 10.5. The summed E-state index contributed by atoms with van der Waals surface area (Å²) in [5.41, 5.74) is 0.198. The molecule has 2 fully saturated rings. The molecule has 0 saturated carbocycles. The molecule has 5 heteroatoms. The summed E-state index contributed by atoms with van der Waals surface area (Å²) >= 11 is 0. The Labute approximate surface area is 133 Å². The number of nitrogens with one attached hydrogen (secondary N) is 1. The van der Waals surface area contributed by atoms with Crippen LogP contribution >= 0.6 is 0 Å². The van der Waals surface area contributed by atoms with Gasteiger partial charge in [0.1, 0.15) is 0 Å². The minimum atomic E-state index is 0.0547. The number of carbonyl (C=O) groups excluding carboxylic acids is 2. The van der Waals surface area contributed by atoms with Crippen molar-refractivity contribution in [3.05, 3.63) is 12.7 Å². The van der Waals surface area contributed by atoms with Gasteiger partial charge in [0.25, 0.3) is 0 Å². The van der Waals surface area contributed by atoms with E-state index < -0.39 is 0 Å². The summed E-state index contributed by atoms with van der Waals surface area (Å²) in [4.78, 5) is 28.0. The summed E-state index contributed by atoms with van der Waals surface area (Å²) in [6.07, 6.45) is 6.31. The van der Waals surface area contributed by atoms with Gasteiger partial charge in [-0.3, -0.25) is 4.79 Å². The van der Waals surface area contributed by atoms with Crippen molar-refractivity contribution in [1.29, 1.82) is 0 Å². The number of nitrogens with zero attached hydrogens (tertiary/aromatic N) is 2. The molecule has 3 amide bonds. The zero-order chi connectivity index (χ0) is 16.2. The molecule has 1 atom stereocenters. The lowest BCUT2D eigenvalue weighted by atomic mass is 9.72. The minimum Gasteiger partial charge on any atom is -0.338 e.